The normalized spacial score (nSPS) is 21.7. The highest BCUT2D eigenvalue weighted by Crippen LogP contribution is 2.30. The van der Waals surface area contributed by atoms with Crippen LogP contribution in [0.2, 0.25) is 0 Å². The van der Waals surface area contributed by atoms with Gasteiger partial charge in [-0.15, -0.1) is 0 Å². The van der Waals surface area contributed by atoms with Crippen molar-refractivity contribution in [1.29, 1.82) is 0 Å². The van der Waals surface area contributed by atoms with Crippen molar-refractivity contribution >= 4 is 41.8 Å². The van der Waals surface area contributed by atoms with E-state index in [1.54, 1.807) is 0 Å². The summed E-state index contributed by atoms with van der Waals surface area (Å²) < 4.78 is 35.6. The van der Waals surface area contributed by atoms with Crippen molar-refractivity contribution < 1.29 is 66.7 Å². The Balaban J connectivity index is 3.55. The molecule has 0 N–H and O–H groups in total. The van der Waals surface area contributed by atoms with E-state index in [1.165, 1.54) is 0 Å². The van der Waals surface area contributed by atoms with Crippen LogP contribution in [-0.2, 0) is 66.7 Å². The van der Waals surface area contributed by atoms with Gasteiger partial charge in [0, 0.05) is 41.5 Å². The molecule has 0 unspecified atom stereocenters. The van der Waals surface area contributed by atoms with Gasteiger partial charge in [-0.2, -0.15) is 0 Å². The smallest absolute Gasteiger partial charge is 0.352 e. The lowest BCUT2D eigenvalue weighted by atomic mass is 9.97. The third-order valence-electron chi connectivity index (χ3n) is 4.09. The van der Waals surface area contributed by atoms with Crippen LogP contribution in [0, 0.1) is 0 Å². The summed E-state index contributed by atoms with van der Waals surface area (Å²) in [4.78, 5) is 82.3. The van der Waals surface area contributed by atoms with Crippen LogP contribution in [0.5, 0.6) is 0 Å². The van der Waals surface area contributed by atoms with Crippen LogP contribution in [0.1, 0.15) is 41.5 Å². The van der Waals surface area contributed by atoms with Gasteiger partial charge in [-0.25, -0.2) is 4.79 Å². The second-order valence-corrected chi connectivity index (χ2v) is 7.10. The van der Waals surface area contributed by atoms with Crippen molar-refractivity contribution in [1.82, 2.24) is 0 Å². The third-order valence-corrected chi connectivity index (χ3v) is 4.09. The van der Waals surface area contributed by atoms with Crippen molar-refractivity contribution in [2.24, 2.45) is 0 Å². The molecule has 6 atom stereocenters. The number of ether oxygens (including phenoxy) is 7. The minimum atomic E-state index is -1.75. The third kappa shape index (κ3) is 8.67. The molecule has 0 aliphatic carbocycles. The van der Waals surface area contributed by atoms with E-state index in [-0.39, 0.29) is 0 Å². The summed E-state index contributed by atoms with van der Waals surface area (Å²) in [5.41, 5.74) is 0. The maximum absolute atomic E-state index is 12.4. The first kappa shape index (κ1) is 28.3. The average molecular weight is 490 g/mol. The topological polar surface area (TPSA) is 184 Å². The molecule has 0 aromatic heterocycles. The largest absolute Gasteiger partial charge is 0.462 e. The lowest BCUT2D eigenvalue weighted by molar-refractivity contribution is -0.205. The van der Waals surface area contributed by atoms with Crippen molar-refractivity contribution in [3.63, 3.8) is 0 Å². The molecule has 1 aliphatic rings. The fraction of sp³-hybridized carbons (Fsp3) is 0.650. The van der Waals surface area contributed by atoms with E-state index in [0.29, 0.717) is 0 Å². The van der Waals surface area contributed by atoms with Gasteiger partial charge in [0.1, 0.15) is 6.61 Å². The number of carbonyl (C=O) groups excluding carboxylic acids is 7. The average Bonchev–Trinajstić information content (AvgIpc) is 2.95. The van der Waals surface area contributed by atoms with Crippen LogP contribution in [-0.4, -0.2) is 85.0 Å². The summed E-state index contributed by atoms with van der Waals surface area (Å²) in [6.45, 7) is 5.39. The van der Waals surface area contributed by atoms with Gasteiger partial charge in [-0.05, 0) is 0 Å². The number of cyclic esters (lactones) is 1. The Bertz CT molecular complexity index is 833. The summed E-state index contributed by atoms with van der Waals surface area (Å²) in [6, 6.07) is 0. The highest BCUT2D eigenvalue weighted by Gasteiger charge is 2.57. The Labute approximate surface area is 194 Å². The van der Waals surface area contributed by atoms with E-state index >= 15 is 0 Å². The van der Waals surface area contributed by atoms with Crippen molar-refractivity contribution in [3.05, 3.63) is 0 Å². The summed E-state index contributed by atoms with van der Waals surface area (Å²) in [6.07, 6.45) is -10.1. The molecular formula is C20H26O14. The maximum Gasteiger partial charge on any atom is 0.352 e. The standard InChI is InChI=1S/C20H26O14/c1-8(21)28-7-14(29-9(2)22)15(30-10(3)23)16(31-11(4)24)17-18(32-12(5)25)19(20(27)34-17)33-13(6)26/h14-19H,7H2,1-6H3/t14-,15-,16+,17-,18+,19+/m1/s1. The molecule has 0 bridgehead atoms. The fourth-order valence-electron chi connectivity index (χ4n) is 3.11. The van der Waals surface area contributed by atoms with Crippen LogP contribution in [0.15, 0.2) is 0 Å². The molecule has 0 saturated carbocycles. The molecule has 0 aromatic carbocycles. The molecule has 1 heterocycles. The van der Waals surface area contributed by atoms with Gasteiger partial charge in [0.15, 0.2) is 30.5 Å². The lowest BCUT2D eigenvalue weighted by Gasteiger charge is -2.35. The first-order valence-corrected chi connectivity index (χ1v) is 9.92. The zero-order chi connectivity index (χ0) is 26.2. The fourth-order valence-corrected chi connectivity index (χ4v) is 3.11. The molecular weight excluding hydrogens is 464 g/mol. The molecule has 14 heteroatoms. The molecule has 1 rings (SSSR count). The number of carbonyl (C=O) groups is 7. The maximum atomic E-state index is 12.4. The predicted molar refractivity (Wildman–Crippen MR) is 104 cm³/mol. The van der Waals surface area contributed by atoms with E-state index in [9.17, 15) is 33.6 Å². The van der Waals surface area contributed by atoms with Gasteiger partial charge in [-0.1, -0.05) is 0 Å². The Morgan fingerprint density at radius 1 is 0.735 bits per heavy atom. The zero-order valence-corrected chi connectivity index (χ0v) is 19.4. The van der Waals surface area contributed by atoms with Gasteiger partial charge in [0.05, 0.1) is 0 Å². The van der Waals surface area contributed by atoms with E-state index in [1.807, 2.05) is 0 Å². The Morgan fingerprint density at radius 2 is 1.26 bits per heavy atom. The van der Waals surface area contributed by atoms with Crippen LogP contribution in [0.25, 0.3) is 0 Å². The molecule has 0 radical (unpaired) electrons. The van der Waals surface area contributed by atoms with Gasteiger partial charge in [0.25, 0.3) is 0 Å². The monoisotopic (exact) mass is 490 g/mol. The van der Waals surface area contributed by atoms with Crippen molar-refractivity contribution in [3.8, 4) is 0 Å². The molecule has 190 valence electrons. The van der Waals surface area contributed by atoms with Crippen LogP contribution in [0.4, 0.5) is 0 Å². The molecule has 0 aromatic rings. The molecule has 34 heavy (non-hydrogen) atoms. The SMILES string of the molecule is CC(=O)OC[C@@H](OC(C)=O)[C@@H](OC(C)=O)[C@H](OC(C)=O)[C@H]1OC(=O)[C@@H](OC(C)=O)[C@H]1OC(C)=O. The Hall–Kier alpha value is -3.71. The molecule has 0 spiro atoms. The minimum Gasteiger partial charge on any atom is -0.462 e. The second-order valence-electron chi connectivity index (χ2n) is 7.10. The quantitative estimate of drug-likeness (QED) is 0.272. The molecule has 0 amide bonds. The number of rotatable bonds is 10. The van der Waals surface area contributed by atoms with Crippen LogP contribution in [0.3, 0.4) is 0 Å². The highest BCUT2D eigenvalue weighted by molar-refractivity contribution is 5.82. The van der Waals surface area contributed by atoms with E-state index in [4.69, 9.17) is 33.2 Å². The molecule has 1 fully saturated rings. The number of hydrogen-bond donors (Lipinski definition) is 0. The summed E-state index contributed by atoms with van der Waals surface area (Å²) >= 11 is 0. The first-order valence-electron chi connectivity index (χ1n) is 9.92. The van der Waals surface area contributed by atoms with E-state index < -0.39 is 85.0 Å². The molecule has 1 saturated heterocycles. The van der Waals surface area contributed by atoms with Crippen molar-refractivity contribution in [2.75, 3.05) is 6.61 Å². The second kappa shape index (κ2) is 12.5. The van der Waals surface area contributed by atoms with Crippen LogP contribution < -0.4 is 0 Å². The van der Waals surface area contributed by atoms with Crippen molar-refractivity contribution in [2.45, 2.75) is 78.2 Å². The summed E-state index contributed by atoms with van der Waals surface area (Å²) in [5.74, 6) is -6.51. The first-order chi connectivity index (χ1) is 15.7. The van der Waals surface area contributed by atoms with E-state index in [2.05, 4.69) is 0 Å². The number of hydrogen-bond acceptors (Lipinski definition) is 14. The zero-order valence-electron chi connectivity index (χ0n) is 19.4. The minimum absolute atomic E-state index is 0.642. The van der Waals surface area contributed by atoms with Gasteiger partial charge >= 0.3 is 41.8 Å². The number of esters is 7. The van der Waals surface area contributed by atoms with Gasteiger partial charge in [-0.3, -0.25) is 28.8 Å². The molecule has 14 nitrogen and oxygen atoms in total. The Kier molecular flexibility index (Phi) is 10.4. The van der Waals surface area contributed by atoms with Gasteiger partial charge in [0.2, 0.25) is 6.10 Å². The summed E-state index contributed by atoms with van der Waals surface area (Å²) in [7, 11) is 0. The highest BCUT2D eigenvalue weighted by atomic mass is 16.7. The molecule has 1 aliphatic heterocycles. The predicted octanol–water partition coefficient (Wildman–Crippen LogP) is -0.867. The Morgan fingerprint density at radius 3 is 1.71 bits per heavy atom. The van der Waals surface area contributed by atoms with Crippen LogP contribution >= 0.6 is 0 Å². The van der Waals surface area contributed by atoms with E-state index in [0.717, 1.165) is 41.5 Å². The van der Waals surface area contributed by atoms with Gasteiger partial charge < -0.3 is 33.2 Å². The lowest BCUT2D eigenvalue weighted by Crippen LogP contribution is -2.55. The summed E-state index contributed by atoms with van der Waals surface area (Å²) in [5, 5.41) is 0.